The summed E-state index contributed by atoms with van der Waals surface area (Å²) in [4.78, 5) is 25.6. The molecule has 1 heterocycles. The fourth-order valence-electron chi connectivity index (χ4n) is 2.79. The molecule has 0 fully saturated rings. The standard InChI is InChI=1S/C20H20N2O4/c1-25-20(24)14-4-2-3-13(7-14)12-26-17-5-6-19-18(9-17)15(10-22-19)8-16(21)11-23/h2-7,9-11,16,22H,8,12,21H2,1H3/t16-/m1/s1. The van der Waals surface area contributed by atoms with Crippen LogP contribution in [-0.2, 0) is 22.6 Å². The van der Waals surface area contributed by atoms with E-state index in [1.54, 1.807) is 18.2 Å². The van der Waals surface area contributed by atoms with E-state index in [0.29, 0.717) is 24.3 Å². The Morgan fingerprint density at radius 3 is 2.88 bits per heavy atom. The molecule has 3 N–H and O–H groups in total. The Labute approximate surface area is 150 Å². The molecule has 0 aliphatic rings. The van der Waals surface area contributed by atoms with Crippen LogP contribution in [-0.4, -0.2) is 30.4 Å². The maximum Gasteiger partial charge on any atom is 0.337 e. The van der Waals surface area contributed by atoms with Crippen molar-refractivity contribution in [1.82, 2.24) is 4.98 Å². The minimum Gasteiger partial charge on any atom is -0.489 e. The van der Waals surface area contributed by atoms with Gasteiger partial charge in [-0.3, -0.25) is 0 Å². The number of ether oxygens (including phenoxy) is 2. The van der Waals surface area contributed by atoms with E-state index in [0.717, 1.165) is 28.3 Å². The molecule has 0 unspecified atom stereocenters. The number of nitrogens with one attached hydrogen (secondary N) is 1. The van der Waals surface area contributed by atoms with Crippen LogP contribution in [0.5, 0.6) is 5.75 Å². The van der Waals surface area contributed by atoms with Gasteiger partial charge >= 0.3 is 5.97 Å². The molecule has 26 heavy (non-hydrogen) atoms. The number of aromatic nitrogens is 1. The van der Waals surface area contributed by atoms with Crippen LogP contribution >= 0.6 is 0 Å². The van der Waals surface area contributed by atoms with Crippen LogP contribution in [0.2, 0.25) is 0 Å². The third-order valence-electron chi connectivity index (χ3n) is 4.12. The predicted octanol–water partition coefficient (Wildman–Crippen LogP) is 2.60. The van der Waals surface area contributed by atoms with Gasteiger partial charge in [-0.2, -0.15) is 0 Å². The summed E-state index contributed by atoms with van der Waals surface area (Å²) in [5.41, 5.74) is 9.01. The maximum atomic E-state index is 11.6. The van der Waals surface area contributed by atoms with Crippen molar-refractivity contribution >= 4 is 23.2 Å². The second kappa shape index (κ2) is 7.84. The molecule has 1 atom stereocenters. The van der Waals surface area contributed by atoms with Crippen LogP contribution < -0.4 is 10.5 Å². The summed E-state index contributed by atoms with van der Waals surface area (Å²) < 4.78 is 10.6. The molecule has 0 spiro atoms. The summed E-state index contributed by atoms with van der Waals surface area (Å²) in [6, 6.07) is 12.3. The molecule has 2 aromatic carbocycles. The lowest BCUT2D eigenvalue weighted by molar-refractivity contribution is -0.108. The fourth-order valence-corrected chi connectivity index (χ4v) is 2.79. The van der Waals surface area contributed by atoms with E-state index in [4.69, 9.17) is 15.2 Å². The average Bonchev–Trinajstić information content (AvgIpc) is 3.07. The minimum atomic E-state index is -0.528. The Hall–Kier alpha value is -3.12. The van der Waals surface area contributed by atoms with E-state index in [-0.39, 0.29) is 5.97 Å². The second-order valence-electron chi connectivity index (χ2n) is 6.01. The number of carbonyl (C=O) groups is 2. The van der Waals surface area contributed by atoms with Crippen molar-refractivity contribution in [3.05, 3.63) is 65.4 Å². The number of esters is 1. The Kier molecular flexibility index (Phi) is 5.34. The number of carbonyl (C=O) groups excluding carboxylic acids is 2. The first-order valence-corrected chi connectivity index (χ1v) is 8.21. The number of benzene rings is 2. The van der Waals surface area contributed by atoms with Crippen molar-refractivity contribution in [2.75, 3.05) is 7.11 Å². The lowest BCUT2D eigenvalue weighted by Gasteiger charge is -2.08. The molecule has 3 aromatic rings. The molecule has 0 radical (unpaired) electrons. The summed E-state index contributed by atoms with van der Waals surface area (Å²) in [5.74, 6) is 0.318. The fraction of sp³-hybridized carbons (Fsp3) is 0.200. The van der Waals surface area contributed by atoms with Gasteiger partial charge in [0.05, 0.1) is 18.7 Å². The molecule has 1 aromatic heterocycles. The summed E-state index contributed by atoms with van der Waals surface area (Å²) in [5, 5.41) is 0.975. The SMILES string of the molecule is COC(=O)c1cccc(COc2ccc3[nH]cc(C[C@@H](N)C=O)c3c2)c1. The van der Waals surface area contributed by atoms with E-state index < -0.39 is 6.04 Å². The van der Waals surface area contributed by atoms with Crippen molar-refractivity contribution in [2.24, 2.45) is 5.73 Å². The minimum absolute atomic E-state index is 0.323. The van der Waals surface area contributed by atoms with Gasteiger partial charge in [-0.15, -0.1) is 0 Å². The third-order valence-corrected chi connectivity index (χ3v) is 4.12. The molecular weight excluding hydrogens is 332 g/mol. The Morgan fingerprint density at radius 2 is 2.12 bits per heavy atom. The van der Waals surface area contributed by atoms with Crippen molar-refractivity contribution in [1.29, 1.82) is 0 Å². The van der Waals surface area contributed by atoms with Crippen molar-refractivity contribution in [3.8, 4) is 5.75 Å². The zero-order chi connectivity index (χ0) is 18.5. The molecule has 0 amide bonds. The highest BCUT2D eigenvalue weighted by molar-refractivity contribution is 5.89. The largest absolute Gasteiger partial charge is 0.489 e. The van der Waals surface area contributed by atoms with Crippen LogP contribution in [0.3, 0.4) is 0 Å². The normalized spacial score (nSPS) is 11.9. The number of aromatic amines is 1. The Bertz CT molecular complexity index is 932. The number of rotatable bonds is 7. The Morgan fingerprint density at radius 1 is 1.27 bits per heavy atom. The number of hydrogen-bond donors (Lipinski definition) is 2. The molecule has 0 aliphatic heterocycles. The highest BCUT2D eigenvalue weighted by Gasteiger charge is 2.10. The number of H-pyrrole nitrogens is 1. The third kappa shape index (κ3) is 3.92. The summed E-state index contributed by atoms with van der Waals surface area (Å²) in [6.45, 7) is 0.323. The highest BCUT2D eigenvalue weighted by Crippen LogP contribution is 2.25. The summed E-state index contributed by atoms with van der Waals surface area (Å²) in [6.07, 6.45) is 3.07. The van der Waals surface area contributed by atoms with Gasteiger partial charge in [-0.05, 0) is 47.9 Å². The quantitative estimate of drug-likeness (QED) is 0.503. The van der Waals surface area contributed by atoms with E-state index in [2.05, 4.69) is 4.98 Å². The number of nitrogens with two attached hydrogens (primary N) is 1. The van der Waals surface area contributed by atoms with E-state index in [1.807, 2.05) is 30.5 Å². The van der Waals surface area contributed by atoms with Gasteiger partial charge in [0.15, 0.2) is 0 Å². The molecule has 134 valence electrons. The Balaban J connectivity index is 1.76. The monoisotopic (exact) mass is 352 g/mol. The van der Waals surface area contributed by atoms with Crippen LogP contribution in [0.25, 0.3) is 10.9 Å². The average molecular weight is 352 g/mol. The topological polar surface area (TPSA) is 94.4 Å². The van der Waals surface area contributed by atoms with Crippen LogP contribution in [0.1, 0.15) is 21.5 Å². The zero-order valence-corrected chi connectivity index (χ0v) is 14.4. The van der Waals surface area contributed by atoms with E-state index >= 15 is 0 Å². The van der Waals surface area contributed by atoms with Crippen molar-refractivity contribution < 1.29 is 19.1 Å². The first kappa shape index (κ1) is 17.7. The molecule has 3 rings (SSSR count). The van der Waals surface area contributed by atoms with Crippen molar-refractivity contribution in [3.63, 3.8) is 0 Å². The molecule has 0 saturated heterocycles. The molecule has 0 saturated carbocycles. The van der Waals surface area contributed by atoms with Gasteiger partial charge in [-0.25, -0.2) is 4.79 Å². The lowest BCUT2D eigenvalue weighted by atomic mass is 10.1. The maximum absolute atomic E-state index is 11.6. The van der Waals surface area contributed by atoms with Crippen LogP contribution in [0.4, 0.5) is 0 Å². The van der Waals surface area contributed by atoms with Gasteiger partial charge in [0.1, 0.15) is 18.6 Å². The van der Waals surface area contributed by atoms with Crippen LogP contribution in [0.15, 0.2) is 48.7 Å². The second-order valence-corrected chi connectivity index (χ2v) is 6.01. The zero-order valence-electron chi connectivity index (χ0n) is 14.4. The van der Waals surface area contributed by atoms with Gasteiger partial charge in [0, 0.05) is 17.1 Å². The van der Waals surface area contributed by atoms with Crippen molar-refractivity contribution in [2.45, 2.75) is 19.1 Å². The summed E-state index contributed by atoms with van der Waals surface area (Å²) >= 11 is 0. The van der Waals surface area contributed by atoms with Gasteiger partial charge in [0.25, 0.3) is 0 Å². The lowest BCUT2D eigenvalue weighted by Crippen LogP contribution is -2.23. The molecule has 0 aliphatic carbocycles. The number of aldehydes is 1. The first-order chi connectivity index (χ1) is 12.6. The van der Waals surface area contributed by atoms with Crippen LogP contribution in [0, 0.1) is 0 Å². The van der Waals surface area contributed by atoms with Gasteiger partial charge in [-0.1, -0.05) is 12.1 Å². The smallest absolute Gasteiger partial charge is 0.337 e. The van der Waals surface area contributed by atoms with Gasteiger partial charge < -0.3 is 25.0 Å². The highest BCUT2D eigenvalue weighted by atomic mass is 16.5. The van der Waals surface area contributed by atoms with E-state index in [1.165, 1.54) is 7.11 Å². The number of fused-ring (bicyclic) bond motifs is 1. The molecule has 0 bridgehead atoms. The number of methoxy groups -OCH3 is 1. The van der Waals surface area contributed by atoms with Gasteiger partial charge in [0.2, 0.25) is 0 Å². The predicted molar refractivity (Wildman–Crippen MR) is 98.2 cm³/mol. The van der Waals surface area contributed by atoms with E-state index in [9.17, 15) is 9.59 Å². The number of hydrogen-bond acceptors (Lipinski definition) is 5. The summed E-state index contributed by atoms with van der Waals surface area (Å²) in [7, 11) is 1.35. The molecular formula is C20H20N2O4. The first-order valence-electron chi connectivity index (χ1n) is 8.21. The molecule has 6 nitrogen and oxygen atoms in total. The molecule has 6 heteroatoms.